The number of benzene rings is 2. The van der Waals surface area contributed by atoms with Crippen LogP contribution >= 0.6 is 0 Å². The summed E-state index contributed by atoms with van der Waals surface area (Å²) < 4.78 is 24.2. The van der Waals surface area contributed by atoms with Gasteiger partial charge in [-0.1, -0.05) is 36.3 Å². The zero-order chi connectivity index (χ0) is 13.5. The first-order chi connectivity index (χ1) is 9.29. The molecule has 96 valence electrons. The molecule has 0 radical (unpaired) electrons. The molecule has 0 spiro atoms. The summed E-state index contributed by atoms with van der Waals surface area (Å²) in [7, 11) is 0. The van der Waals surface area contributed by atoms with E-state index in [4.69, 9.17) is 15.9 Å². The summed E-state index contributed by atoms with van der Waals surface area (Å²) in [6.45, 7) is 0.445. The minimum atomic E-state index is -0.427. The second-order valence-electron chi connectivity index (χ2n) is 3.86. The fraction of sp³-hybridized carbons (Fsp3) is 0.125. The summed E-state index contributed by atoms with van der Waals surface area (Å²) in [5.74, 6) is 2.56. The van der Waals surface area contributed by atoms with Gasteiger partial charge in [-0.25, -0.2) is 4.39 Å². The van der Waals surface area contributed by atoms with Gasteiger partial charge in [-0.2, -0.15) is 0 Å². The zero-order valence-corrected chi connectivity index (χ0v) is 10.3. The first kappa shape index (κ1) is 13.0. The number of terminal acetylenes is 1. The molecule has 0 saturated carbocycles. The van der Waals surface area contributed by atoms with Crippen molar-refractivity contribution >= 4 is 0 Å². The fourth-order valence-electron chi connectivity index (χ4n) is 1.54. The fourth-order valence-corrected chi connectivity index (χ4v) is 1.54. The van der Waals surface area contributed by atoms with Gasteiger partial charge in [-0.05, 0) is 17.7 Å². The van der Waals surface area contributed by atoms with Crippen LogP contribution in [0.25, 0.3) is 0 Å². The van der Waals surface area contributed by atoms with Gasteiger partial charge in [0.25, 0.3) is 0 Å². The van der Waals surface area contributed by atoms with E-state index in [0.29, 0.717) is 12.4 Å². The van der Waals surface area contributed by atoms with Gasteiger partial charge in [-0.15, -0.1) is 6.42 Å². The molecule has 0 aromatic heterocycles. The third-order valence-corrected chi connectivity index (χ3v) is 2.46. The standard InChI is InChI=1S/C16H13FO2/c1-2-10-18-14-8-9-15(17)16(11-14)19-12-13-6-4-3-5-7-13/h1,3-9,11H,10,12H2. The lowest BCUT2D eigenvalue weighted by molar-refractivity contribution is 0.286. The molecule has 2 aromatic rings. The van der Waals surface area contributed by atoms with E-state index in [0.717, 1.165) is 5.56 Å². The average molecular weight is 256 g/mol. The minimum absolute atomic E-state index is 0.143. The topological polar surface area (TPSA) is 18.5 Å². The molecule has 0 aliphatic heterocycles. The van der Waals surface area contributed by atoms with Gasteiger partial charge in [0.05, 0.1) is 0 Å². The van der Waals surface area contributed by atoms with E-state index >= 15 is 0 Å². The second-order valence-corrected chi connectivity index (χ2v) is 3.86. The third kappa shape index (κ3) is 3.75. The van der Waals surface area contributed by atoms with Crippen LogP contribution in [0.4, 0.5) is 4.39 Å². The van der Waals surface area contributed by atoms with Gasteiger partial charge in [0.1, 0.15) is 19.0 Å². The van der Waals surface area contributed by atoms with E-state index in [1.165, 1.54) is 18.2 Å². The number of ether oxygens (including phenoxy) is 2. The lowest BCUT2D eigenvalue weighted by atomic mass is 10.2. The molecular weight excluding hydrogens is 243 g/mol. The van der Waals surface area contributed by atoms with E-state index in [1.807, 2.05) is 30.3 Å². The molecule has 0 saturated heterocycles. The summed E-state index contributed by atoms with van der Waals surface area (Å²) in [5.41, 5.74) is 0.969. The molecule has 0 amide bonds. The van der Waals surface area contributed by atoms with E-state index in [9.17, 15) is 4.39 Å². The average Bonchev–Trinajstić information content (AvgIpc) is 2.46. The maximum absolute atomic E-state index is 13.6. The van der Waals surface area contributed by atoms with Gasteiger partial charge in [0, 0.05) is 6.07 Å². The molecule has 19 heavy (non-hydrogen) atoms. The van der Waals surface area contributed by atoms with E-state index in [-0.39, 0.29) is 12.4 Å². The highest BCUT2D eigenvalue weighted by atomic mass is 19.1. The van der Waals surface area contributed by atoms with E-state index in [2.05, 4.69) is 5.92 Å². The van der Waals surface area contributed by atoms with Crippen molar-refractivity contribution in [2.24, 2.45) is 0 Å². The predicted molar refractivity (Wildman–Crippen MR) is 71.5 cm³/mol. The molecule has 2 rings (SSSR count). The lowest BCUT2D eigenvalue weighted by Gasteiger charge is -2.09. The highest BCUT2D eigenvalue weighted by Crippen LogP contribution is 2.24. The van der Waals surface area contributed by atoms with Crippen LogP contribution in [0.15, 0.2) is 48.5 Å². The molecule has 3 heteroatoms. The van der Waals surface area contributed by atoms with Crippen molar-refractivity contribution in [2.45, 2.75) is 6.61 Å². The summed E-state index contributed by atoms with van der Waals surface area (Å²) in [6, 6.07) is 13.9. The van der Waals surface area contributed by atoms with Crippen molar-refractivity contribution in [3.63, 3.8) is 0 Å². The molecule has 2 aromatic carbocycles. The molecule has 0 bridgehead atoms. The van der Waals surface area contributed by atoms with Gasteiger partial charge in [0.15, 0.2) is 11.6 Å². The molecule has 0 fully saturated rings. The van der Waals surface area contributed by atoms with Crippen molar-refractivity contribution < 1.29 is 13.9 Å². The Hall–Kier alpha value is -2.47. The first-order valence-corrected chi connectivity index (χ1v) is 5.82. The molecule has 0 aliphatic rings. The molecule has 0 aliphatic carbocycles. The largest absolute Gasteiger partial charge is 0.486 e. The number of hydrogen-bond donors (Lipinski definition) is 0. The summed E-state index contributed by atoms with van der Waals surface area (Å²) in [4.78, 5) is 0. The highest BCUT2D eigenvalue weighted by molar-refractivity contribution is 5.35. The first-order valence-electron chi connectivity index (χ1n) is 5.82. The number of rotatable bonds is 5. The van der Waals surface area contributed by atoms with Crippen LogP contribution < -0.4 is 9.47 Å². The van der Waals surface area contributed by atoms with E-state index in [1.54, 1.807) is 0 Å². The van der Waals surface area contributed by atoms with Gasteiger partial charge >= 0.3 is 0 Å². The van der Waals surface area contributed by atoms with Crippen LogP contribution in [0.2, 0.25) is 0 Å². The van der Waals surface area contributed by atoms with Crippen LogP contribution in [0.1, 0.15) is 5.56 Å². The Balaban J connectivity index is 2.05. The second kappa shape index (κ2) is 6.46. The molecule has 0 N–H and O–H groups in total. The smallest absolute Gasteiger partial charge is 0.165 e. The van der Waals surface area contributed by atoms with Crippen LogP contribution in [-0.4, -0.2) is 6.61 Å². The van der Waals surface area contributed by atoms with Crippen molar-refractivity contribution in [1.29, 1.82) is 0 Å². The Morgan fingerprint density at radius 2 is 1.84 bits per heavy atom. The zero-order valence-electron chi connectivity index (χ0n) is 10.3. The van der Waals surface area contributed by atoms with Gasteiger partial charge in [-0.3, -0.25) is 0 Å². The Morgan fingerprint density at radius 1 is 1.05 bits per heavy atom. The quantitative estimate of drug-likeness (QED) is 0.763. The summed E-state index contributed by atoms with van der Waals surface area (Å²) in [6.07, 6.45) is 5.10. The normalized spacial score (nSPS) is 9.68. The third-order valence-electron chi connectivity index (χ3n) is 2.46. The Kier molecular flexibility index (Phi) is 4.41. The molecule has 0 unspecified atom stereocenters. The van der Waals surface area contributed by atoms with Crippen molar-refractivity contribution in [1.82, 2.24) is 0 Å². The summed E-state index contributed by atoms with van der Waals surface area (Å²) >= 11 is 0. The maximum Gasteiger partial charge on any atom is 0.165 e. The number of halogens is 1. The molecule has 2 nitrogen and oxygen atoms in total. The lowest BCUT2D eigenvalue weighted by Crippen LogP contribution is -1.99. The van der Waals surface area contributed by atoms with Crippen molar-refractivity contribution in [3.05, 3.63) is 59.9 Å². The van der Waals surface area contributed by atoms with Crippen LogP contribution in [-0.2, 0) is 6.61 Å². The maximum atomic E-state index is 13.6. The Morgan fingerprint density at radius 3 is 2.58 bits per heavy atom. The molecular formula is C16H13FO2. The van der Waals surface area contributed by atoms with Gasteiger partial charge < -0.3 is 9.47 Å². The Labute approximate surface area is 111 Å². The minimum Gasteiger partial charge on any atom is -0.486 e. The van der Waals surface area contributed by atoms with Crippen LogP contribution in [0, 0.1) is 18.2 Å². The monoisotopic (exact) mass is 256 g/mol. The molecule has 0 atom stereocenters. The summed E-state index contributed by atoms with van der Waals surface area (Å²) in [5, 5.41) is 0. The van der Waals surface area contributed by atoms with Crippen molar-refractivity contribution in [3.8, 4) is 23.8 Å². The molecule has 0 heterocycles. The van der Waals surface area contributed by atoms with Gasteiger partial charge in [0.2, 0.25) is 0 Å². The van der Waals surface area contributed by atoms with Crippen LogP contribution in [0.5, 0.6) is 11.5 Å². The number of hydrogen-bond acceptors (Lipinski definition) is 2. The predicted octanol–water partition coefficient (Wildman–Crippen LogP) is 3.42. The van der Waals surface area contributed by atoms with E-state index < -0.39 is 5.82 Å². The van der Waals surface area contributed by atoms with Crippen molar-refractivity contribution in [2.75, 3.05) is 6.61 Å². The van der Waals surface area contributed by atoms with Crippen LogP contribution in [0.3, 0.4) is 0 Å². The highest BCUT2D eigenvalue weighted by Gasteiger charge is 2.06. The Bertz CT molecular complexity index is 573. The SMILES string of the molecule is C#CCOc1ccc(F)c(OCc2ccccc2)c1.